The number of anilines is 1. The van der Waals surface area contributed by atoms with Gasteiger partial charge in [0.05, 0.1) is 4.92 Å². The summed E-state index contributed by atoms with van der Waals surface area (Å²) < 4.78 is 0. The van der Waals surface area contributed by atoms with Crippen molar-refractivity contribution in [2.24, 2.45) is 5.41 Å². The molecule has 0 unspecified atom stereocenters. The van der Waals surface area contributed by atoms with Gasteiger partial charge in [0.2, 0.25) is 5.82 Å². The number of pyridine rings is 1. The van der Waals surface area contributed by atoms with Gasteiger partial charge in [-0.05, 0) is 44.1 Å². The number of rotatable bonds is 3. The zero-order chi connectivity index (χ0) is 14.0. The van der Waals surface area contributed by atoms with Crippen LogP contribution in [0.4, 0.5) is 11.5 Å². The first-order valence-electron chi connectivity index (χ1n) is 6.75. The molecule has 0 atom stereocenters. The zero-order valence-corrected chi connectivity index (χ0v) is 11.8. The minimum Gasteiger partial charge on any atom is -0.362 e. The summed E-state index contributed by atoms with van der Waals surface area (Å²) in [5.74, 6) is 0.412. The van der Waals surface area contributed by atoms with Crippen molar-refractivity contribution >= 4 is 11.5 Å². The first kappa shape index (κ1) is 13.8. The highest BCUT2D eigenvalue weighted by atomic mass is 16.6. The van der Waals surface area contributed by atoms with Gasteiger partial charge in [-0.25, -0.2) is 4.98 Å². The van der Waals surface area contributed by atoms with Crippen LogP contribution in [0.25, 0.3) is 0 Å². The largest absolute Gasteiger partial charge is 0.362 e. The summed E-state index contributed by atoms with van der Waals surface area (Å²) in [7, 11) is 0. The smallest absolute Gasteiger partial charge is 0.314 e. The quantitative estimate of drug-likeness (QED) is 0.667. The lowest BCUT2D eigenvalue weighted by molar-refractivity contribution is -0.384. The third kappa shape index (κ3) is 3.22. The fourth-order valence-corrected chi connectivity index (χ4v) is 2.62. The molecule has 2 rings (SSSR count). The Balaban J connectivity index is 2.12. The van der Waals surface area contributed by atoms with Gasteiger partial charge in [-0.2, -0.15) is 0 Å². The molecular weight excluding hydrogens is 242 g/mol. The second-order valence-electron chi connectivity index (χ2n) is 6.16. The van der Waals surface area contributed by atoms with Crippen LogP contribution in [-0.2, 0) is 0 Å². The molecule has 104 valence electrons. The Morgan fingerprint density at radius 1 is 1.42 bits per heavy atom. The van der Waals surface area contributed by atoms with E-state index in [0.717, 1.165) is 25.7 Å². The monoisotopic (exact) mass is 263 g/mol. The Labute approximate surface area is 113 Å². The van der Waals surface area contributed by atoms with Crippen LogP contribution in [0.1, 0.15) is 45.1 Å². The Kier molecular flexibility index (Phi) is 3.73. The fourth-order valence-electron chi connectivity index (χ4n) is 2.62. The zero-order valence-electron chi connectivity index (χ0n) is 11.8. The highest BCUT2D eigenvalue weighted by molar-refractivity contribution is 5.60. The lowest BCUT2D eigenvalue weighted by Gasteiger charge is -2.34. The highest BCUT2D eigenvalue weighted by Crippen LogP contribution is 2.37. The van der Waals surface area contributed by atoms with Gasteiger partial charge < -0.3 is 5.32 Å². The molecular formula is C14H21N3O2. The van der Waals surface area contributed by atoms with Gasteiger partial charge >= 0.3 is 5.69 Å². The minimum absolute atomic E-state index is 0.104. The van der Waals surface area contributed by atoms with E-state index in [4.69, 9.17) is 0 Å². The molecule has 1 aliphatic carbocycles. The van der Waals surface area contributed by atoms with Crippen LogP contribution in [-0.4, -0.2) is 15.9 Å². The lowest BCUT2D eigenvalue weighted by Crippen LogP contribution is -2.30. The van der Waals surface area contributed by atoms with Gasteiger partial charge in [-0.1, -0.05) is 13.8 Å². The molecule has 0 radical (unpaired) electrons. The van der Waals surface area contributed by atoms with E-state index in [-0.39, 0.29) is 10.6 Å². The first-order valence-corrected chi connectivity index (χ1v) is 6.75. The van der Waals surface area contributed by atoms with E-state index >= 15 is 0 Å². The third-order valence-corrected chi connectivity index (χ3v) is 3.99. The average molecular weight is 263 g/mol. The molecule has 0 amide bonds. The van der Waals surface area contributed by atoms with Crippen molar-refractivity contribution in [1.82, 2.24) is 4.98 Å². The maximum atomic E-state index is 11.1. The second kappa shape index (κ2) is 5.15. The topological polar surface area (TPSA) is 68.1 Å². The van der Waals surface area contributed by atoms with E-state index in [1.165, 1.54) is 0 Å². The van der Waals surface area contributed by atoms with Crippen LogP contribution in [0, 0.1) is 22.5 Å². The van der Waals surface area contributed by atoms with Crippen LogP contribution in [0.3, 0.4) is 0 Å². The van der Waals surface area contributed by atoms with E-state index in [0.29, 0.717) is 22.8 Å². The van der Waals surface area contributed by atoms with Crippen LogP contribution >= 0.6 is 0 Å². The predicted molar refractivity (Wildman–Crippen MR) is 75.3 cm³/mol. The number of hydrogen-bond donors (Lipinski definition) is 1. The number of nitrogens with one attached hydrogen (secondary N) is 1. The van der Waals surface area contributed by atoms with E-state index in [1.807, 2.05) is 0 Å². The number of hydrogen-bond acceptors (Lipinski definition) is 4. The molecule has 1 aliphatic rings. The summed E-state index contributed by atoms with van der Waals surface area (Å²) in [6.07, 6.45) is 5.99. The van der Waals surface area contributed by atoms with Gasteiger partial charge in [-0.3, -0.25) is 10.1 Å². The molecule has 1 aromatic heterocycles. The standard InChI is InChI=1S/C14H21N3O2/c1-10-6-9-15-13(12(10)17(18)19)16-11-4-7-14(2,3)8-5-11/h6,9,11H,4-5,7-8H2,1-3H3,(H,15,16). The van der Waals surface area contributed by atoms with Gasteiger partial charge in [0.15, 0.2) is 0 Å². The minimum atomic E-state index is -0.350. The van der Waals surface area contributed by atoms with E-state index in [9.17, 15) is 10.1 Å². The lowest BCUT2D eigenvalue weighted by atomic mass is 9.75. The summed E-state index contributed by atoms with van der Waals surface area (Å²) >= 11 is 0. The summed E-state index contributed by atoms with van der Waals surface area (Å²) in [6, 6.07) is 1.97. The Hall–Kier alpha value is -1.65. The van der Waals surface area contributed by atoms with Crippen LogP contribution < -0.4 is 5.32 Å². The molecule has 1 N–H and O–H groups in total. The fraction of sp³-hybridized carbons (Fsp3) is 0.643. The number of aryl methyl sites for hydroxylation is 1. The van der Waals surface area contributed by atoms with Crippen LogP contribution in [0.15, 0.2) is 12.3 Å². The van der Waals surface area contributed by atoms with Gasteiger partial charge in [0.1, 0.15) is 0 Å². The maximum Gasteiger partial charge on any atom is 0.314 e. The predicted octanol–water partition coefficient (Wildman–Crippen LogP) is 3.68. The van der Waals surface area contributed by atoms with Crippen molar-refractivity contribution in [3.05, 3.63) is 27.9 Å². The summed E-state index contributed by atoms with van der Waals surface area (Å²) in [5.41, 5.74) is 1.15. The molecule has 1 saturated carbocycles. The van der Waals surface area contributed by atoms with E-state index < -0.39 is 0 Å². The van der Waals surface area contributed by atoms with Crippen molar-refractivity contribution in [2.75, 3.05) is 5.32 Å². The molecule has 0 spiro atoms. The molecule has 0 saturated heterocycles. The van der Waals surface area contributed by atoms with Crippen LogP contribution in [0.2, 0.25) is 0 Å². The van der Waals surface area contributed by atoms with Crippen molar-refractivity contribution < 1.29 is 4.92 Å². The van der Waals surface area contributed by atoms with Gasteiger partial charge in [-0.15, -0.1) is 0 Å². The summed E-state index contributed by atoms with van der Waals surface area (Å²) in [5, 5.41) is 14.4. The molecule has 0 aliphatic heterocycles. The molecule has 0 aromatic carbocycles. The van der Waals surface area contributed by atoms with Crippen molar-refractivity contribution in [3.8, 4) is 0 Å². The van der Waals surface area contributed by atoms with Crippen molar-refractivity contribution in [3.63, 3.8) is 0 Å². The van der Waals surface area contributed by atoms with Gasteiger partial charge in [0.25, 0.3) is 0 Å². The summed E-state index contributed by atoms with van der Waals surface area (Å²) in [6.45, 7) is 6.29. The summed E-state index contributed by atoms with van der Waals surface area (Å²) in [4.78, 5) is 14.9. The third-order valence-electron chi connectivity index (χ3n) is 3.99. The SMILES string of the molecule is Cc1ccnc(NC2CCC(C)(C)CC2)c1[N+](=O)[O-]. The Morgan fingerprint density at radius 3 is 2.63 bits per heavy atom. The number of nitrogens with zero attached hydrogens (tertiary/aromatic N) is 2. The second-order valence-corrected chi connectivity index (χ2v) is 6.16. The Bertz CT molecular complexity index is 476. The van der Waals surface area contributed by atoms with Crippen LogP contribution in [0.5, 0.6) is 0 Å². The van der Waals surface area contributed by atoms with Crippen molar-refractivity contribution in [2.45, 2.75) is 52.5 Å². The molecule has 0 bridgehead atoms. The maximum absolute atomic E-state index is 11.1. The molecule has 1 fully saturated rings. The molecule has 1 heterocycles. The van der Waals surface area contributed by atoms with Gasteiger partial charge in [0, 0.05) is 17.8 Å². The van der Waals surface area contributed by atoms with E-state index in [2.05, 4.69) is 24.1 Å². The molecule has 5 nitrogen and oxygen atoms in total. The molecule has 5 heteroatoms. The Morgan fingerprint density at radius 2 is 2.05 bits per heavy atom. The highest BCUT2D eigenvalue weighted by Gasteiger charge is 2.28. The average Bonchev–Trinajstić information content (AvgIpc) is 2.31. The molecule has 1 aromatic rings. The van der Waals surface area contributed by atoms with E-state index in [1.54, 1.807) is 19.2 Å². The number of aromatic nitrogens is 1. The number of nitro groups is 1. The normalized spacial score (nSPS) is 19.1. The first-order chi connectivity index (χ1) is 8.89. The molecule has 19 heavy (non-hydrogen) atoms. The van der Waals surface area contributed by atoms with Crippen molar-refractivity contribution in [1.29, 1.82) is 0 Å².